The van der Waals surface area contributed by atoms with Gasteiger partial charge in [0.05, 0.1) is 0 Å². The summed E-state index contributed by atoms with van der Waals surface area (Å²) in [5.74, 6) is 2.47. The Hall–Kier alpha value is -2.37. The molecule has 0 fully saturated rings. The number of aromatic nitrogens is 2. The molecule has 130 valence electrons. The van der Waals surface area contributed by atoms with Crippen LogP contribution in [0.4, 0.5) is 0 Å². The Morgan fingerprint density at radius 3 is 2.50 bits per heavy atom. The van der Waals surface area contributed by atoms with Crippen molar-refractivity contribution in [3.8, 4) is 17.2 Å². The van der Waals surface area contributed by atoms with Gasteiger partial charge in [-0.05, 0) is 36.6 Å². The van der Waals surface area contributed by atoms with Crippen LogP contribution in [0, 0.1) is 5.92 Å². The summed E-state index contributed by atoms with van der Waals surface area (Å²) in [5.41, 5.74) is 0.822. The molecule has 0 aliphatic heterocycles. The van der Waals surface area contributed by atoms with E-state index in [4.69, 9.17) is 9.26 Å². The SMILES string of the molecule is CC(C)CCNC(=O)COc1ccc(-c2nc(C(C)C)no2)cc1. The first-order valence-corrected chi connectivity index (χ1v) is 8.29. The first-order valence-electron chi connectivity index (χ1n) is 8.29. The third kappa shape index (κ3) is 5.37. The van der Waals surface area contributed by atoms with E-state index < -0.39 is 0 Å². The van der Waals surface area contributed by atoms with Crippen molar-refractivity contribution in [3.63, 3.8) is 0 Å². The lowest BCUT2D eigenvalue weighted by Crippen LogP contribution is -2.30. The van der Waals surface area contributed by atoms with Gasteiger partial charge >= 0.3 is 0 Å². The second-order valence-corrected chi connectivity index (χ2v) is 6.46. The fraction of sp³-hybridized carbons (Fsp3) is 0.500. The molecule has 1 N–H and O–H groups in total. The van der Waals surface area contributed by atoms with Gasteiger partial charge in [0.15, 0.2) is 12.4 Å². The number of amides is 1. The number of ether oxygens (including phenoxy) is 1. The van der Waals surface area contributed by atoms with Crippen LogP contribution in [-0.4, -0.2) is 29.2 Å². The number of nitrogens with one attached hydrogen (secondary N) is 1. The van der Waals surface area contributed by atoms with Gasteiger partial charge in [0.1, 0.15) is 5.75 Å². The minimum atomic E-state index is -0.113. The van der Waals surface area contributed by atoms with Gasteiger partial charge in [-0.3, -0.25) is 4.79 Å². The molecular weight excluding hydrogens is 306 g/mol. The molecule has 0 radical (unpaired) electrons. The third-order valence-corrected chi connectivity index (χ3v) is 3.47. The molecule has 0 atom stereocenters. The number of hydrogen-bond acceptors (Lipinski definition) is 5. The fourth-order valence-electron chi connectivity index (χ4n) is 1.98. The Morgan fingerprint density at radius 2 is 1.92 bits per heavy atom. The first-order chi connectivity index (χ1) is 11.5. The van der Waals surface area contributed by atoms with E-state index in [-0.39, 0.29) is 18.4 Å². The largest absolute Gasteiger partial charge is 0.484 e. The second kappa shape index (κ2) is 8.47. The lowest BCUT2D eigenvalue weighted by molar-refractivity contribution is -0.123. The lowest BCUT2D eigenvalue weighted by Gasteiger charge is -2.08. The van der Waals surface area contributed by atoms with Gasteiger partial charge < -0.3 is 14.6 Å². The number of nitrogens with zero attached hydrogens (tertiary/aromatic N) is 2. The smallest absolute Gasteiger partial charge is 0.257 e. The third-order valence-electron chi connectivity index (χ3n) is 3.47. The van der Waals surface area contributed by atoms with E-state index in [9.17, 15) is 4.79 Å². The number of carbonyl (C=O) groups excluding carboxylic acids is 1. The van der Waals surface area contributed by atoms with Crippen LogP contribution in [0.2, 0.25) is 0 Å². The number of carbonyl (C=O) groups is 1. The molecule has 1 heterocycles. The molecule has 2 aromatic rings. The summed E-state index contributed by atoms with van der Waals surface area (Å²) < 4.78 is 10.7. The van der Waals surface area contributed by atoms with Gasteiger partial charge in [-0.15, -0.1) is 0 Å². The highest BCUT2D eigenvalue weighted by atomic mass is 16.5. The van der Waals surface area contributed by atoms with E-state index in [0.717, 1.165) is 12.0 Å². The molecule has 1 aromatic carbocycles. The van der Waals surface area contributed by atoms with Gasteiger partial charge in [-0.2, -0.15) is 4.98 Å². The van der Waals surface area contributed by atoms with Crippen LogP contribution >= 0.6 is 0 Å². The van der Waals surface area contributed by atoms with Crippen molar-refractivity contribution in [2.45, 2.75) is 40.0 Å². The van der Waals surface area contributed by atoms with Crippen molar-refractivity contribution in [3.05, 3.63) is 30.1 Å². The maximum atomic E-state index is 11.7. The van der Waals surface area contributed by atoms with Crippen LogP contribution in [0.3, 0.4) is 0 Å². The van der Waals surface area contributed by atoms with Gasteiger partial charge in [0.25, 0.3) is 11.8 Å². The van der Waals surface area contributed by atoms with E-state index in [0.29, 0.717) is 29.9 Å². The Balaban J connectivity index is 1.84. The Kier molecular flexibility index (Phi) is 6.35. The van der Waals surface area contributed by atoms with Crippen molar-refractivity contribution in [1.29, 1.82) is 0 Å². The van der Waals surface area contributed by atoms with Crippen molar-refractivity contribution >= 4 is 5.91 Å². The molecule has 0 saturated carbocycles. The first kappa shape index (κ1) is 18.0. The normalized spacial score (nSPS) is 11.1. The summed E-state index contributed by atoms with van der Waals surface area (Å²) >= 11 is 0. The zero-order valence-corrected chi connectivity index (χ0v) is 14.7. The van der Waals surface area contributed by atoms with Crippen molar-refractivity contribution in [1.82, 2.24) is 15.5 Å². The summed E-state index contributed by atoms with van der Waals surface area (Å²) in [5, 5.41) is 6.78. The van der Waals surface area contributed by atoms with Crippen LogP contribution in [-0.2, 0) is 4.79 Å². The average Bonchev–Trinajstić information content (AvgIpc) is 3.03. The minimum Gasteiger partial charge on any atom is -0.484 e. The summed E-state index contributed by atoms with van der Waals surface area (Å²) in [6.07, 6.45) is 0.961. The molecule has 0 bridgehead atoms. The summed E-state index contributed by atoms with van der Waals surface area (Å²) in [6.45, 7) is 8.95. The lowest BCUT2D eigenvalue weighted by atomic mass is 10.1. The van der Waals surface area contributed by atoms with E-state index in [1.807, 2.05) is 26.0 Å². The van der Waals surface area contributed by atoms with Crippen molar-refractivity contribution < 1.29 is 14.1 Å². The molecule has 2 rings (SSSR count). The van der Waals surface area contributed by atoms with Gasteiger partial charge in [-0.25, -0.2) is 0 Å². The van der Waals surface area contributed by atoms with Gasteiger partial charge in [0, 0.05) is 18.0 Å². The average molecular weight is 331 g/mol. The van der Waals surface area contributed by atoms with E-state index in [1.54, 1.807) is 12.1 Å². The monoisotopic (exact) mass is 331 g/mol. The van der Waals surface area contributed by atoms with E-state index >= 15 is 0 Å². The predicted octanol–water partition coefficient (Wildman–Crippen LogP) is 3.40. The zero-order chi connectivity index (χ0) is 17.5. The van der Waals surface area contributed by atoms with E-state index in [2.05, 4.69) is 29.3 Å². The predicted molar refractivity (Wildman–Crippen MR) is 91.8 cm³/mol. The summed E-state index contributed by atoms with van der Waals surface area (Å²) in [6, 6.07) is 7.25. The molecule has 1 amide bonds. The number of rotatable bonds is 8. The minimum absolute atomic E-state index is 0.00942. The Bertz CT molecular complexity index is 648. The molecule has 0 unspecified atom stereocenters. The van der Waals surface area contributed by atoms with Crippen LogP contribution in [0.15, 0.2) is 28.8 Å². The van der Waals surface area contributed by atoms with E-state index in [1.165, 1.54) is 0 Å². The Labute approximate surface area is 142 Å². The maximum Gasteiger partial charge on any atom is 0.257 e. The zero-order valence-electron chi connectivity index (χ0n) is 14.7. The summed E-state index contributed by atoms with van der Waals surface area (Å²) in [4.78, 5) is 16.0. The molecule has 24 heavy (non-hydrogen) atoms. The summed E-state index contributed by atoms with van der Waals surface area (Å²) in [7, 11) is 0. The van der Waals surface area contributed by atoms with Crippen LogP contribution in [0.5, 0.6) is 5.75 Å². The topological polar surface area (TPSA) is 77.2 Å². The number of hydrogen-bond donors (Lipinski definition) is 1. The molecule has 0 aliphatic rings. The molecule has 0 saturated heterocycles. The van der Waals surface area contributed by atoms with Crippen LogP contribution < -0.4 is 10.1 Å². The Morgan fingerprint density at radius 1 is 1.21 bits per heavy atom. The second-order valence-electron chi connectivity index (χ2n) is 6.46. The molecule has 6 heteroatoms. The highest BCUT2D eigenvalue weighted by Gasteiger charge is 2.11. The highest BCUT2D eigenvalue weighted by molar-refractivity contribution is 5.77. The van der Waals surface area contributed by atoms with Crippen LogP contribution in [0.1, 0.15) is 45.9 Å². The highest BCUT2D eigenvalue weighted by Crippen LogP contribution is 2.22. The van der Waals surface area contributed by atoms with Crippen LogP contribution in [0.25, 0.3) is 11.5 Å². The molecule has 1 aromatic heterocycles. The maximum absolute atomic E-state index is 11.7. The fourth-order valence-corrected chi connectivity index (χ4v) is 1.98. The van der Waals surface area contributed by atoms with Crippen molar-refractivity contribution in [2.75, 3.05) is 13.2 Å². The number of benzene rings is 1. The molecule has 0 aliphatic carbocycles. The quantitative estimate of drug-likeness (QED) is 0.802. The van der Waals surface area contributed by atoms with Gasteiger partial charge in [-0.1, -0.05) is 32.9 Å². The standard InChI is InChI=1S/C18H25N3O3/c1-12(2)9-10-19-16(22)11-23-15-7-5-14(6-8-15)18-20-17(13(3)4)21-24-18/h5-8,12-13H,9-11H2,1-4H3,(H,19,22). The van der Waals surface area contributed by atoms with Gasteiger partial charge in [0.2, 0.25) is 0 Å². The van der Waals surface area contributed by atoms with Crippen molar-refractivity contribution in [2.24, 2.45) is 5.92 Å². The molecular formula is C18H25N3O3. The molecule has 0 spiro atoms. The molecule has 6 nitrogen and oxygen atoms in total.